The molecule has 0 aromatic heterocycles. The van der Waals surface area contributed by atoms with Crippen LogP contribution in [0.5, 0.6) is 0 Å². The molecule has 0 unspecified atom stereocenters. The van der Waals surface area contributed by atoms with Crippen LogP contribution in [0.25, 0.3) is 0 Å². The highest BCUT2D eigenvalue weighted by Gasteiger charge is 2.23. The Morgan fingerprint density at radius 1 is 1.04 bits per heavy atom. The first-order valence-electron chi connectivity index (χ1n) is 9.70. The first-order valence-corrected chi connectivity index (χ1v) is 9.70. The molecule has 1 fully saturated rings. The van der Waals surface area contributed by atoms with Crippen molar-refractivity contribution in [3.63, 3.8) is 0 Å². The van der Waals surface area contributed by atoms with Gasteiger partial charge < -0.3 is 20.4 Å². The number of piperidine rings is 1. The summed E-state index contributed by atoms with van der Waals surface area (Å²) in [5.74, 6) is -0.0155. The number of carbonyl (C=O) groups excluding carboxylic acids is 2. The number of benzene rings is 2. The maximum atomic E-state index is 12.7. The van der Waals surface area contributed by atoms with Gasteiger partial charge in [0.1, 0.15) is 0 Å². The Hall–Kier alpha value is -3.02. The minimum atomic E-state index is -0.0955. The molecule has 3 rings (SSSR count). The first-order chi connectivity index (χ1) is 13.5. The van der Waals surface area contributed by atoms with Crippen molar-refractivity contribution in [1.29, 1.82) is 0 Å². The van der Waals surface area contributed by atoms with E-state index in [0.717, 1.165) is 30.8 Å². The molecular weight excluding hydrogens is 352 g/mol. The average molecular weight is 380 g/mol. The Kier molecular flexibility index (Phi) is 6.53. The van der Waals surface area contributed by atoms with Gasteiger partial charge in [-0.3, -0.25) is 4.79 Å². The highest BCUT2D eigenvalue weighted by atomic mass is 16.2. The van der Waals surface area contributed by atoms with Gasteiger partial charge in [-0.25, -0.2) is 4.79 Å². The van der Waals surface area contributed by atoms with Gasteiger partial charge in [0.2, 0.25) is 5.91 Å². The zero-order valence-corrected chi connectivity index (χ0v) is 16.5. The molecule has 1 heterocycles. The molecule has 2 aromatic carbocycles. The zero-order valence-electron chi connectivity index (χ0n) is 16.5. The van der Waals surface area contributed by atoms with Gasteiger partial charge in [-0.05, 0) is 30.5 Å². The molecule has 2 aromatic rings. The van der Waals surface area contributed by atoms with Crippen LogP contribution in [0.1, 0.15) is 25.3 Å². The second-order valence-corrected chi connectivity index (χ2v) is 7.25. The average Bonchev–Trinajstić information content (AvgIpc) is 2.69. The Morgan fingerprint density at radius 3 is 2.36 bits per heavy atom. The lowest BCUT2D eigenvalue weighted by Crippen LogP contribution is -2.47. The molecule has 0 bridgehead atoms. The summed E-state index contributed by atoms with van der Waals surface area (Å²) < 4.78 is 0. The molecule has 6 nitrogen and oxygen atoms in total. The summed E-state index contributed by atoms with van der Waals surface area (Å²) in [5, 5.41) is 5.99. The van der Waals surface area contributed by atoms with E-state index in [1.54, 1.807) is 0 Å². The summed E-state index contributed by atoms with van der Waals surface area (Å²) in [6.45, 7) is 3.56. The fourth-order valence-electron chi connectivity index (χ4n) is 3.56. The minimum Gasteiger partial charge on any atom is -0.369 e. The Bertz CT molecular complexity index is 801. The predicted molar refractivity (Wildman–Crippen MR) is 112 cm³/mol. The fraction of sp³-hybridized carbons (Fsp3) is 0.364. The molecule has 28 heavy (non-hydrogen) atoms. The third kappa shape index (κ3) is 5.25. The molecule has 0 atom stereocenters. The number of hydrogen-bond donors (Lipinski definition) is 2. The standard InChI is InChI=1S/C22H28N4O2/c1-17(27)23-19-12-14-26(15-13-19)22(28)24-20-10-6-7-11-21(20)25(2)16-18-8-4-3-5-9-18/h3-11,19H,12-16H2,1-2H3,(H,23,27)(H,24,28). The predicted octanol–water partition coefficient (Wildman–Crippen LogP) is 3.46. The smallest absolute Gasteiger partial charge is 0.321 e. The van der Waals surface area contributed by atoms with Gasteiger partial charge in [0.15, 0.2) is 0 Å². The third-order valence-corrected chi connectivity index (χ3v) is 5.01. The molecule has 0 spiro atoms. The number of urea groups is 1. The molecule has 1 saturated heterocycles. The Labute approximate surface area is 166 Å². The number of amides is 3. The normalized spacial score (nSPS) is 14.4. The van der Waals surface area contributed by atoms with E-state index in [0.29, 0.717) is 13.1 Å². The van der Waals surface area contributed by atoms with Crippen LogP contribution in [0.2, 0.25) is 0 Å². The number of para-hydroxylation sites is 2. The number of likely N-dealkylation sites (tertiary alicyclic amines) is 1. The molecule has 3 amide bonds. The monoisotopic (exact) mass is 380 g/mol. The van der Waals surface area contributed by atoms with Crippen molar-refractivity contribution in [2.24, 2.45) is 0 Å². The van der Waals surface area contributed by atoms with Crippen molar-refractivity contribution in [3.05, 3.63) is 60.2 Å². The van der Waals surface area contributed by atoms with Crippen LogP contribution in [0, 0.1) is 0 Å². The summed E-state index contributed by atoms with van der Waals surface area (Å²) in [4.78, 5) is 27.9. The van der Waals surface area contributed by atoms with E-state index in [-0.39, 0.29) is 18.0 Å². The summed E-state index contributed by atoms with van der Waals surface area (Å²) in [5.41, 5.74) is 2.99. The molecule has 2 N–H and O–H groups in total. The summed E-state index contributed by atoms with van der Waals surface area (Å²) in [7, 11) is 2.02. The Balaban J connectivity index is 1.61. The van der Waals surface area contributed by atoms with Crippen molar-refractivity contribution in [1.82, 2.24) is 10.2 Å². The van der Waals surface area contributed by atoms with Crippen LogP contribution in [0.3, 0.4) is 0 Å². The van der Waals surface area contributed by atoms with E-state index in [1.807, 2.05) is 54.4 Å². The van der Waals surface area contributed by atoms with Gasteiger partial charge in [-0.1, -0.05) is 42.5 Å². The van der Waals surface area contributed by atoms with Crippen molar-refractivity contribution in [2.45, 2.75) is 32.4 Å². The molecule has 1 aliphatic heterocycles. The highest BCUT2D eigenvalue weighted by Crippen LogP contribution is 2.26. The number of anilines is 2. The number of carbonyl (C=O) groups is 2. The van der Waals surface area contributed by atoms with Gasteiger partial charge >= 0.3 is 6.03 Å². The van der Waals surface area contributed by atoms with Crippen molar-refractivity contribution >= 4 is 23.3 Å². The van der Waals surface area contributed by atoms with Crippen LogP contribution in [-0.2, 0) is 11.3 Å². The highest BCUT2D eigenvalue weighted by molar-refractivity contribution is 5.93. The van der Waals surface area contributed by atoms with Crippen LogP contribution in [0.15, 0.2) is 54.6 Å². The fourth-order valence-corrected chi connectivity index (χ4v) is 3.56. The van der Waals surface area contributed by atoms with E-state index in [9.17, 15) is 9.59 Å². The molecule has 0 saturated carbocycles. The van der Waals surface area contributed by atoms with Crippen molar-refractivity contribution in [3.8, 4) is 0 Å². The second kappa shape index (κ2) is 9.26. The molecule has 1 aliphatic rings. The zero-order chi connectivity index (χ0) is 19.9. The lowest BCUT2D eigenvalue weighted by Gasteiger charge is -2.32. The Morgan fingerprint density at radius 2 is 1.68 bits per heavy atom. The molecular formula is C22H28N4O2. The van der Waals surface area contributed by atoms with Gasteiger partial charge in [-0.15, -0.1) is 0 Å². The largest absolute Gasteiger partial charge is 0.369 e. The molecule has 6 heteroatoms. The quantitative estimate of drug-likeness (QED) is 0.835. The molecule has 0 radical (unpaired) electrons. The van der Waals surface area contributed by atoms with Gasteiger partial charge in [-0.2, -0.15) is 0 Å². The molecule has 0 aliphatic carbocycles. The number of rotatable bonds is 5. The topological polar surface area (TPSA) is 64.7 Å². The maximum Gasteiger partial charge on any atom is 0.321 e. The maximum absolute atomic E-state index is 12.7. The SMILES string of the molecule is CC(=O)NC1CCN(C(=O)Nc2ccccc2N(C)Cc2ccccc2)CC1. The van der Waals surface area contributed by atoms with Crippen molar-refractivity contribution < 1.29 is 9.59 Å². The molecule has 148 valence electrons. The number of nitrogens with zero attached hydrogens (tertiary/aromatic N) is 2. The van der Waals surface area contributed by atoms with E-state index >= 15 is 0 Å². The second-order valence-electron chi connectivity index (χ2n) is 7.25. The van der Waals surface area contributed by atoms with Crippen LogP contribution in [0.4, 0.5) is 16.2 Å². The minimum absolute atomic E-state index is 0.0155. The van der Waals surface area contributed by atoms with Gasteiger partial charge in [0.25, 0.3) is 0 Å². The van der Waals surface area contributed by atoms with E-state index < -0.39 is 0 Å². The summed E-state index contributed by atoms with van der Waals surface area (Å²) in [6, 6.07) is 18.2. The van der Waals surface area contributed by atoms with Gasteiger partial charge in [0.05, 0.1) is 11.4 Å². The lowest BCUT2D eigenvalue weighted by atomic mass is 10.1. The third-order valence-electron chi connectivity index (χ3n) is 5.01. The van der Waals surface area contributed by atoms with Gasteiger partial charge in [0, 0.05) is 39.6 Å². The number of nitrogens with one attached hydrogen (secondary N) is 2. The summed E-state index contributed by atoms with van der Waals surface area (Å²) >= 11 is 0. The van der Waals surface area contributed by atoms with Crippen LogP contribution in [-0.4, -0.2) is 43.0 Å². The van der Waals surface area contributed by atoms with Crippen LogP contribution >= 0.6 is 0 Å². The van der Waals surface area contributed by atoms with E-state index in [1.165, 1.54) is 12.5 Å². The van der Waals surface area contributed by atoms with E-state index in [2.05, 4.69) is 27.7 Å². The van der Waals surface area contributed by atoms with Crippen LogP contribution < -0.4 is 15.5 Å². The number of hydrogen-bond acceptors (Lipinski definition) is 3. The summed E-state index contributed by atoms with van der Waals surface area (Å²) in [6.07, 6.45) is 1.56. The van der Waals surface area contributed by atoms with Crippen molar-refractivity contribution in [2.75, 3.05) is 30.4 Å². The van der Waals surface area contributed by atoms with E-state index in [4.69, 9.17) is 0 Å². The lowest BCUT2D eigenvalue weighted by molar-refractivity contribution is -0.119. The first kappa shape index (κ1) is 19.7.